The zero-order chi connectivity index (χ0) is 21.6. The predicted octanol–water partition coefficient (Wildman–Crippen LogP) is 2.51. The van der Waals surface area contributed by atoms with Gasteiger partial charge in [0.05, 0.1) is 24.3 Å². The van der Waals surface area contributed by atoms with Crippen LogP contribution in [0.3, 0.4) is 0 Å². The number of ether oxygens (including phenoxy) is 1. The lowest BCUT2D eigenvalue weighted by atomic mass is 10.0. The van der Waals surface area contributed by atoms with E-state index in [1.165, 1.54) is 6.07 Å². The summed E-state index contributed by atoms with van der Waals surface area (Å²) in [6.07, 6.45) is -6.33. The highest BCUT2D eigenvalue weighted by Gasteiger charge is 2.31. The third kappa shape index (κ3) is 5.80. The van der Waals surface area contributed by atoms with E-state index < -0.39 is 35.8 Å². The first kappa shape index (κ1) is 21.9. The van der Waals surface area contributed by atoms with E-state index >= 15 is 0 Å². The second-order valence-corrected chi connectivity index (χ2v) is 6.12. The first-order valence-electron chi connectivity index (χ1n) is 8.38. The molecule has 2 rings (SSSR count). The molecular weight excluding hydrogens is 389 g/mol. The van der Waals surface area contributed by atoms with E-state index in [2.05, 4.69) is 10.1 Å². The van der Waals surface area contributed by atoms with E-state index in [9.17, 15) is 27.9 Å². The minimum atomic E-state index is -4.54. The molecule has 0 saturated heterocycles. The van der Waals surface area contributed by atoms with E-state index in [1.54, 1.807) is 18.2 Å². The predicted molar refractivity (Wildman–Crippen MR) is 95.2 cm³/mol. The number of amides is 1. The summed E-state index contributed by atoms with van der Waals surface area (Å²) in [7, 11) is 1.12. The van der Waals surface area contributed by atoms with Crippen LogP contribution in [0.15, 0.2) is 48.5 Å². The fourth-order valence-electron chi connectivity index (χ4n) is 2.60. The van der Waals surface area contributed by atoms with Gasteiger partial charge in [0.1, 0.15) is 6.04 Å². The highest BCUT2D eigenvalue weighted by atomic mass is 19.4. The van der Waals surface area contributed by atoms with Crippen molar-refractivity contribution in [1.82, 2.24) is 5.32 Å². The number of benzene rings is 2. The highest BCUT2D eigenvalue weighted by molar-refractivity contribution is 5.87. The number of halogens is 3. The lowest BCUT2D eigenvalue weighted by molar-refractivity contribution is -0.146. The maximum Gasteiger partial charge on any atom is 0.416 e. The quantitative estimate of drug-likeness (QED) is 0.719. The van der Waals surface area contributed by atoms with Crippen LogP contribution in [0.2, 0.25) is 0 Å². The van der Waals surface area contributed by atoms with Crippen molar-refractivity contribution in [1.29, 1.82) is 5.26 Å². The third-order valence-corrected chi connectivity index (χ3v) is 4.10. The average Bonchev–Trinajstić information content (AvgIpc) is 2.71. The number of methoxy groups -OCH3 is 1. The van der Waals surface area contributed by atoms with E-state index in [1.807, 2.05) is 6.07 Å². The van der Waals surface area contributed by atoms with Gasteiger partial charge in [-0.15, -0.1) is 0 Å². The molecule has 0 bridgehead atoms. The number of aliphatic hydroxyl groups is 1. The number of hydrogen-bond acceptors (Lipinski definition) is 5. The Labute approximate surface area is 164 Å². The van der Waals surface area contributed by atoms with Gasteiger partial charge < -0.3 is 15.2 Å². The van der Waals surface area contributed by atoms with Gasteiger partial charge in [-0.1, -0.05) is 24.3 Å². The summed E-state index contributed by atoms with van der Waals surface area (Å²) in [5.41, 5.74) is -0.0461. The number of aliphatic hydroxyl groups excluding tert-OH is 1. The summed E-state index contributed by atoms with van der Waals surface area (Å²) in [5, 5.41) is 21.4. The first-order chi connectivity index (χ1) is 13.7. The van der Waals surface area contributed by atoms with Gasteiger partial charge in [0.25, 0.3) is 5.91 Å². The largest absolute Gasteiger partial charge is 0.467 e. The van der Waals surface area contributed by atoms with Gasteiger partial charge in [0.15, 0.2) is 6.10 Å². The molecule has 2 aromatic carbocycles. The van der Waals surface area contributed by atoms with Gasteiger partial charge in [-0.2, -0.15) is 18.4 Å². The van der Waals surface area contributed by atoms with E-state index in [0.717, 1.165) is 31.4 Å². The minimum absolute atomic E-state index is 0.00628. The molecule has 6 nitrogen and oxygen atoms in total. The summed E-state index contributed by atoms with van der Waals surface area (Å²) >= 11 is 0. The lowest BCUT2D eigenvalue weighted by Crippen LogP contribution is -2.45. The fraction of sp³-hybridized carbons (Fsp3) is 0.250. The average molecular weight is 406 g/mol. The Hall–Kier alpha value is -3.38. The molecule has 152 valence electrons. The molecule has 0 saturated carbocycles. The maximum absolute atomic E-state index is 12.6. The van der Waals surface area contributed by atoms with Crippen molar-refractivity contribution in [3.63, 3.8) is 0 Å². The lowest BCUT2D eigenvalue weighted by Gasteiger charge is -2.19. The molecule has 0 unspecified atom stereocenters. The topological polar surface area (TPSA) is 99.4 Å². The van der Waals surface area contributed by atoms with Crippen molar-refractivity contribution >= 4 is 11.9 Å². The molecule has 0 aromatic heterocycles. The number of hydrogen-bond donors (Lipinski definition) is 2. The van der Waals surface area contributed by atoms with Gasteiger partial charge in [0.2, 0.25) is 0 Å². The van der Waals surface area contributed by atoms with Crippen LogP contribution in [0.25, 0.3) is 0 Å². The van der Waals surface area contributed by atoms with Crippen LogP contribution in [0, 0.1) is 11.3 Å². The van der Waals surface area contributed by atoms with E-state index in [-0.39, 0.29) is 12.0 Å². The smallest absolute Gasteiger partial charge is 0.416 e. The molecule has 0 aliphatic rings. The summed E-state index contributed by atoms with van der Waals surface area (Å²) in [6.45, 7) is 0. The summed E-state index contributed by atoms with van der Waals surface area (Å²) < 4.78 is 42.5. The van der Waals surface area contributed by atoms with Crippen LogP contribution in [-0.4, -0.2) is 30.1 Å². The molecule has 1 amide bonds. The highest BCUT2D eigenvalue weighted by Crippen LogP contribution is 2.30. The van der Waals surface area contributed by atoms with Crippen LogP contribution < -0.4 is 5.32 Å². The van der Waals surface area contributed by atoms with Crippen molar-refractivity contribution in [2.75, 3.05) is 7.11 Å². The molecule has 0 spiro atoms. The van der Waals surface area contributed by atoms with Crippen LogP contribution in [0.1, 0.15) is 28.4 Å². The number of alkyl halides is 3. The zero-order valence-corrected chi connectivity index (χ0v) is 15.2. The Morgan fingerprint density at radius 2 is 1.86 bits per heavy atom. The Balaban J connectivity index is 2.14. The van der Waals surface area contributed by atoms with Crippen molar-refractivity contribution in [2.45, 2.75) is 24.7 Å². The number of carbonyl (C=O) groups excluding carboxylic acids is 2. The molecule has 0 aliphatic heterocycles. The number of nitrogens with one attached hydrogen (secondary N) is 1. The second-order valence-electron chi connectivity index (χ2n) is 6.12. The third-order valence-electron chi connectivity index (χ3n) is 4.10. The summed E-state index contributed by atoms with van der Waals surface area (Å²) in [4.78, 5) is 24.3. The molecular formula is C20H17F3N2O4. The van der Waals surface area contributed by atoms with Crippen LogP contribution >= 0.6 is 0 Å². The molecule has 29 heavy (non-hydrogen) atoms. The fourth-order valence-corrected chi connectivity index (χ4v) is 2.60. The summed E-state index contributed by atoms with van der Waals surface area (Å²) in [5.74, 6) is -1.75. The van der Waals surface area contributed by atoms with Crippen LogP contribution in [0.5, 0.6) is 0 Å². The number of nitrogens with zero attached hydrogens (tertiary/aromatic N) is 1. The SMILES string of the molecule is COC(=O)[C@@H](Cc1cccc(C#N)c1)NC(=O)[C@H](O)c1ccc(C(F)(F)F)cc1. The number of carbonyl (C=O) groups is 2. The number of esters is 1. The molecule has 0 radical (unpaired) electrons. The number of nitriles is 1. The Bertz CT molecular complexity index is 921. The molecule has 2 atom stereocenters. The second kappa shape index (κ2) is 9.21. The van der Waals surface area contributed by atoms with Crippen molar-refractivity contribution < 1.29 is 32.6 Å². The van der Waals surface area contributed by atoms with Crippen LogP contribution in [0.4, 0.5) is 13.2 Å². The molecule has 9 heteroatoms. The van der Waals surface area contributed by atoms with E-state index in [4.69, 9.17) is 5.26 Å². The van der Waals surface area contributed by atoms with Gasteiger partial charge >= 0.3 is 12.1 Å². The van der Waals surface area contributed by atoms with Crippen molar-refractivity contribution in [2.24, 2.45) is 0 Å². The van der Waals surface area contributed by atoms with Crippen LogP contribution in [-0.2, 0) is 26.9 Å². The standard InChI is InChI=1S/C20H17F3N2O4/c1-29-19(28)16(10-12-3-2-4-13(9-12)11-24)25-18(27)17(26)14-5-7-15(8-6-14)20(21,22)23/h2-9,16-17,26H,10H2,1H3,(H,25,27)/t16-,17-/m1/s1. The minimum Gasteiger partial charge on any atom is -0.467 e. The Kier molecular flexibility index (Phi) is 6.96. The molecule has 0 aliphatic carbocycles. The molecule has 0 fully saturated rings. The molecule has 0 heterocycles. The van der Waals surface area contributed by atoms with Gasteiger partial charge in [-0.25, -0.2) is 4.79 Å². The first-order valence-corrected chi connectivity index (χ1v) is 8.38. The molecule has 2 aromatic rings. The van der Waals surface area contributed by atoms with E-state index in [0.29, 0.717) is 11.1 Å². The number of rotatable bonds is 6. The van der Waals surface area contributed by atoms with Gasteiger partial charge in [-0.05, 0) is 35.4 Å². The van der Waals surface area contributed by atoms with Gasteiger partial charge in [0, 0.05) is 6.42 Å². The maximum atomic E-state index is 12.6. The Morgan fingerprint density at radius 1 is 1.21 bits per heavy atom. The zero-order valence-electron chi connectivity index (χ0n) is 15.2. The normalized spacial score (nSPS) is 13.1. The Morgan fingerprint density at radius 3 is 2.41 bits per heavy atom. The van der Waals surface area contributed by atoms with Crippen molar-refractivity contribution in [3.8, 4) is 6.07 Å². The van der Waals surface area contributed by atoms with Gasteiger partial charge in [-0.3, -0.25) is 4.79 Å². The summed E-state index contributed by atoms with van der Waals surface area (Å²) in [6, 6.07) is 10.6. The monoisotopic (exact) mass is 406 g/mol. The van der Waals surface area contributed by atoms with Crippen molar-refractivity contribution in [3.05, 3.63) is 70.8 Å². The molecule has 2 N–H and O–H groups in total.